The molecule has 1 unspecified atom stereocenters. The fourth-order valence-corrected chi connectivity index (χ4v) is 3.69. The standard InChI is InChI=1S/C21H29ClN6O/c1-4-23-21(28-11-9-16(14-28)17-12-25-27(3)13-17)24-10-8-20(29)26-19-7-5-6-18(22)15(19)2/h5-7,12-13,16H,4,8-11,14H2,1-3H3,(H,23,24)(H,26,29). The molecule has 1 fully saturated rings. The average molecular weight is 417 g/mol. The van der Waals surface area contributed by atoms with Gasteiger partial charge in [-0.3, -0.25) is 14.5 Å². The van der Waals surface area contributed by atoms with Gasteiger partial charge in [0.25, 0.3) is 0 Å². The molecule has 0 radical (unpaired) electrons. The third kappa shape index (κ3) is 5.50. The van der Waals surface area contributed by atoms with E-state index in [1.807, 2.05) is 43.0 Å². The van der Waals surface area contributed by atoms with Crippen LogP contribution in [0.4, 0.5) is 5.69 Å². The molecule has 7 nitrogen and oxygen atoms in total. The van der Waals surface area contributed by atoms with Gasteiger partial charge in [0.2, 0.25) is 5.91 Å². The molecule has 1 aliphatic rings. The van der Waals surface area contributed by atoms with Crippen LogP contribution in [0, 0.1) is 6.92 Å². The first-order valence-corrected chi connectivity index (χ1v) is 10.4. The van der Waals surface area contributed by atoms with Crippen molar-refractivity contribution in [3.63, 3.8) is 0 Å². The van der Waals surface area contributed by atoms with E-state index < -0.39 is 0 Å². The second-order valence-electron chi connectivity index (χ2n) is 7.33. The number of guanidine groups is 1. The van der Waals surface area contributed by atoms with Gasteiger partial charge in [-0.05, 0) is 43.5 Å². The molecule has 1 amide bonds. The van der Waals surface area contributed by atoms with Crippen LogP contribution in [0.1, 0.15) is 36.8 Å². The number of likely N-dealkylation sites (tertiary alicyclic amines) is 1. The number of halogens is 1. The van der Waals surface area contributed by atoms with Crippen molar-refractivity contribution in [2.45, 2.75) is 32.6 Å². The number of hydrogen-bond donors (Lipinski definition) is 2. The fourth-order valence-electron chi connectivity index (χ4n) is 3.52. The van der Waals surface area contributed by atoms with Crippen molar-refractivity contribution in [2.24, 2.45) is 12.0 Å². The molecule has 2 N–H and O–H groups in total. The Hall–Kier alpha value is -2.54. The Morgan fingerprint density at radius 2 is 2.24 bits per heavy atom. The zero-order valence-corrected chi connectivity index (χ0v) is 18.0. The number of rotatable bonds is 6. The number of benzene rings is 1. The van der Waals surface area contributed by atoms with Crippen molar-refractivity contribution in [3.05, 3.63) is 46.7 Å². The predicted octanol–water partition coefficient (Wildman–Crippen LogP) is 3.17. The Kier molecular flexibility index (Phi) is 7.14. The highest BCUT2D eigenvalue weighted by Crippen LogP contribution is 2.26. The van der Waals surface area contributed by atoms with E-state index in [0.717, 1.165) is 43.3 Å². The molecule has 156 valence electrons. The molecule has 3 rings (SSSR count). The van der Waals surface area contributed by atoms with Gasteiger partial charge >= 0.3 is 0 Å². The number of aromatic nitrogens is 2. The number of carbonyl (C=O) groups is 1. The van der Waals surface area contributed by atoms with Gasteiger partial charge in [0.05, 0.1) is 12.7 Å². The third-order valence-corrected chi connectivity index (χ3v) is 5.57. The molecule has 2 heterocycles. The highest BCUT2D eigenvalue weighted by Gasteiger charge is 2.26. The number of aryl methyl sites for hydroxylation is 1. The average Bonchev–Trinajstić information content (AvgIpc) is 3.34. The van der Waals surface area contributed by atoms with Gasteiger partial charge in [0.15, 0.2) is 5.96 Å². The molecule has 29 heavy (non-hydrogen) atoms. The minimum Gasteiger partial charge on any atom is -0.357 e. The maximum atomic E-state index is 12.3. The molecular formula is C21H29ClN6O. The van der Waals surface area contributed by atoms with Gasteiger partial charge in [0.1, 0.15) is 0 Å². The monoisotopic (exact) mass is 416 g/mol. The lowest BCUT2D eigenvalue weighted by atomic mass is 10.0. The van der Waals surface area contributed by atoms with Gasteiger partial charge in [0, 0.05) is 55.9 Å². The van der Waals surface area contributed by atoms with Crippen molar-refractivity contribution < 1.29 is 4.79 Å². The SMILES string of the molecule is CCNC(=NCCC(=O)Nc1cccc(Cl)c1C)N1CCC(c2cnn(C)c2)C1. The minimum absolute atomic E-state index is 0.0652. The Morgan fingerprint density at radius 1 is 1.41 bits per heavy atom. The zero-order valence-electron chi connectivity index (χ0n) is 17.3. The van der Waals surface area contributed by atoms with Crippen LogP contribution in [-0.4, -0.2) is 52.7 Å². The molecule has 1 aliphatic heterocycles. The van der Waals surface area contributed by atoms with Gasteiger partial charge in [-0.1, -0.05) is 17.7 Å². The summed E-state index contributed by atoms with van der Waals surface area (Å²) in [4.78, 5) is 19.2. The van der Waals surface area contributed by atoms with Gasteiger partial charge < -0.3 is 15.5 Å². The first-order chi connectivity index (χ1) is 14.0. The summed E-state index contributed by atoms with van der Waals surface area (Å²) in [6.45, 7) is 7.03. The predicted molar refractivity (Wildman–Crippen MR) is 118 cm³/mol. The van der Waals surface area contributed by atoms with E-state index in [2.05, 4.69) is 38.7 Å². The maximum Gasteiger partial charge on any atom is 0.226 e. The van der Waals surface area contributed by atoms with Crippen LogP contribution in [0.15, 0.2) is 35.6 Å². The van der Waals surface area contributed by atoms with Gasteiger partial charge in [-0.15, -0.1) is 0 Å². The molecule has 8 heteroatoms. The molecule has 1 aromatic heterocycles. The second kappa shape index (κ2) is 9.78. The summed E-state index contributed by atoms with van der Waals surface area (Å²) >= 11 is 6.12. The molecule has 1 saturated heterocycles. The largest absolute Gasteiger partial charge is 0.357 e. The molecule has 0 saturated carbocycles. The van der Waals surface area contributed by atoms with Crippen LogP contribution < -0.4 is 10.6 Å². The van der Waals surface area contributed by atoms with Crippen molar-refractivity contribution in [1.29, 1.82) is 0 Å². The number of aliphatic imine (C=N–C) groups is 1. The van der Waals surface area contributed by atoms with E-state index in [9.17, 15) is 4.79 Å². The summed E-state index contributed by atoms with van der Waals surface area (Å²) in [6.07, 6.45) is 5.42. The summed E-state index contributed by atoms with van der Waals surface area (Å²) in [5.41, 5.74) is 2.89. The van der Waals surface area contributed by atoms with Crippen LogP contribution in [0.5, 0.6) is 0 Å². The van der Waals surface area contributed by atoms with Gasteiger partial charge in [-0.25, -0.2) is 0 Å². The van der Waals surface area contributed by atoms with E-state index in [4.69, 9.17) is 11.6 Å². The van der Waals surface area contributed by atoms with Crippen LogP contribution in [0.2, 0.25) is 5.02 Å². The lowest BCUT2D eigenvalue weighted by Crippen LogP contribution is -2.40. The van der Waals surface area contributed by atoms with Crippen LogP contribution in [0.3, 0.4) is 0 Å². The number of amides is 1. The summed E-state index contributed by atoms with van der Waals surface area (Å²) in [6, 6.07) is 5.50. The number of nitrogens with one attached hydrogen (secondary N) is 2. The number of hydrogen-bond acceptors (Lipinski definition) is 3. The number of carbonyl (C=O) groups excluding carboxylic acids is 1. The van der Waals surface area contributed by atoms with Crippen LogP contribution >= 0.6 is 11.6 Å². The lowest BCUT2D eigenvalue weighted by molar-refractivity contribution is -0.116. The Labute approximate surface area is 177 Å². The Bertz CT molecular complexity index is 878. The zero-order chi connectivity index (χ0) is 20.8. The van der Waals surface area contributed by atoms with E-state index in [1.165, 1.54) is 5.56 Å². The fraction of sp³-hybridized carbons (Fsp3) is 0.476. The van der Waals surface area contributed by atoms with E-state index >= 15 is 0 Å². The molecule has 2 aromatic rings. The van der Waals surface area contributed by atoms with Crippen molar-refractivity contribution in [2.75, 3.05) is 31.5 Å². The summed E-state index contributed by atoms with van der Waals surface area (Å²) < 4.78 is 1.84. The normalized spacial score (nSPS) is 16.9. The summed E-state index contributed by atoms with van der Waals surface area (Å²) in [7, 11) is 1.94. The lowest BCUT2D eigenvalue weighted by Gasteiger charge is -2.21. The van der Waals surface area contributed by atoms with Gasteiger partial charge in [-0.2, -0.15) is 5.10 Å². The Balaban J connectivity index is 1.55. The molecule has 1 aromatic carbocycles. The van der Waals surface area contributed by atoms with E-state index in [0.29, 0.717) is 23.9 Å². The maximum absolute atomic E-state index is 12.3. The highest BCUT2D eigenvalue weighted by atomic mass is 35.5. The topological polar surface area (TPSA) is 74.6 Å². The smallest absolute Gasteiger partial charge is 0.226 e. The van der Waals surface area contributed by atoms with Crippen molar-refractivity contribution in [3.8, 4) is 0 Å². The first kappa shape index (κ1) is 21.2. The van der Waals surface area contributed by atoms with Crippen LogP contribution in [-0.2, 0) is 11.8 Å². The quantitative estimate of drug-likeness (QED) is 0.560. The Morgan fingerprint density at radius 3 is 2.97 bits per heavy atom. The van der Waals surface area contributed by atoms with E-state index in [-0.39, 0.29) is 5.91 Å². The first-order valence-electron chi connectivity index (χ1n) is 10.0. The molecule has 1 atom stereocenters. The van der Waals surface area contributed by atoms with Crippen molar-refractivity contribution >= 4 is 29.2 Å². The molecule has 0 spiro atoms. The summed E-state index contributed by atoms with van der Waals surface area (Å²) in [5.74, 6) is 1.26. The molecular weight excluding hydrogens is 388 g/mol. The number of anilines is 1. The second-order valence-corrected chi connectivity index (χ2v) is 7.73. The van der Waals surface area contributed by atoms with Crippen molar-refractivity contribution in [1.82, 2.24) is 20.0 Å². The highest BCUT2D eigenvalue weighted by molar-refractivity contribution is 6.31. The number of nitrogens with zero attached hydrogens (tertiary/aromatic N) is 4. The third-order valence-electron chi connectivity index (χ3n) is 5.16. The van der Waals surface area contributed by atoms with E-state index in [1.54, 1.807) is 0 Å². The van der Waals surface area contributed by atoms with Crippen LogP contribution in [0.25, 0.3) is 0 Å². The summed E-state index contributed by atoms with van der Waals surface area (Å²) in [5, 5.41) is 11.2. The molecule has 0 bridgehead atoms. The minimum atomic E-state index is -0.0652. The molecule has 0 aliphatic carbocycles.